The molecule has 0 heterocycles. The quantitative estimate of drug-likeness (QED) is 0.659. The van der Waals surface area contributed by atoms with E-state index in [1.54, 1.807) is 30.5 Å². The third-order valence-corrected chi connectivity index (χ3v) is 2.93. The Bertz CT molecular complexity index is 663. The van der Waals surface area contributed by atoms with Gasteiger partial charge in [0.1, 0.15) is 0 Å². The van der Waals surface area contributed by atoms with Crippen molar-refractivity contribution in [2.45, 2.75) is 13.8 Å². The Morgan fingerprint density at radius 3 is 2.70 bits per heavy atom. The number of carboxylic acid groups (broad SMARTS) is 1. The Kier molecular flexibility index (Phi) is 4.15. The van der Waals surface area contributed by atoms with Crippen molar-refractivity contribution >= 4 is 17.9 Å². The number of hydrogen-bond donors (Lipinski definition) is 2. The van der Waals surface area contributed by atoms with Gasteiger partial charge in [-0.3, -0.25) is 5.43 Å². The molecule has 0 aliphatic carbocycles. The van der Waals surface area contributed by atoms with Crippen molar-refractivity contribution < 1.29 is 9.90 Å². The lowest BCUT2D eigenvalue weighted by atomic mass is 10.1. The van der Waals surface area contributed by atoms with Crippen LogP contribution in [0.2, 0.25) is 0 Å². The Balaban J connectivity index is 2.10. The van der Waals surface area contributed by atoms with E-state index in [1.807, 2.05) is 26.0 Å². The fraction of sp³-hybridized carbons (Fsp3) is 0.125. The highest BCUT2D eigenvalue weighted by atomic mass is 16.4. The summed E-state index contributed by atoms with van der Waals surface area (Å²) in [5.74, 6) is -0.952. The average molecular weight is 268 g/mol. The van der Waals surface area contributed by atoms with E-state index in [0.717, 1.165) is 11.1 Å². The highest BCUT2D eigenvalue weighted by Gasteiger charge is 2.02. The summed E-state index contributed by atoms with van der Waals surface area (Å²) in [7, 11) is 0. The summed E-state index contributed by atoms with van der Waals surface area (Å²) in [5.41, 5.74) is 7.10. The maximum Gasteiger partial charge on any atom is 0.335 e. The molecule has 20 heavy (non-hydrogen) atoms. The van der Waals surface area contributed by atoms with Crippen molar-refractivity contribution in [1.82, 2.24) is 0 Å². The first kappa shape index (κ1) is 13.8. The first-order valence-electron chi connectivity index (χ1n) is 6.26. The predicted octanol–water partition coefficient (Wildman–Crippen LogP) is 3.45. The average Bonchev–Trinajstić information content (AvgIpc) is 2.41. The van der Waals surface area contributed by atoms with Crippen molar-refractivity contribution in [3.63, 3.8) is 0 Å². The van der Waals surface area contributed by atoms with Gasteiger partial charge in [-0.2, -0.15) is 5.10 Å². The van der Waals surface area contributed by atoms with E-state index >= 15 is 0 Å². The SMILES string of the molecule is Cc1ccc(/C=N/Nc2cccc(C(=O)O)c2)c(C)c1. The summed E-state index contributed by atoms with van der Waals surface area (Å²) < 4.78 is 0. The van der Waals surface area contributed by atoms with Crippen LogP contribution in [-0.4, -0.2) is 17.3 Å². The van der Waals surface area contributed by atoms with Crippen molar-refractivity contribution in [2.75, 3.05) is 5.43 Å². The molecule has 0 saturated carbocycles. The summed E-state index contributed by atoms with van der Waals surface area (Å²) in [6.45, 7) is 4.07. The number of rotatable bonds is 4. The second-order valence-electron chi connectivity index (χ2n) is 4.62. The van der Waals surface area contributed by atoms with Gasteiger partial charge < -0.3 is 5.11 Å². The smallest absolute Gasteiger partial charge is 0.335 e. The van der Waals surface area contributed by atoms with Crippen LogP contribution in [0, 0.1) is 13.8 Å². The number of hydrazone groups is 1. The second kappa shape index (κ2) is 6.02. The van der Waals surface area contributed by atoms with Crippen LogP contribution in [0.25, 0.3) is 0 Å². The van der Waals surface area contributed by atoms with Gasteiger partial charge in [0.15, 0.2) is 0 Å². The molecule has 0 radical (unpaired) electrons. The standard InChI is InChI=1S/C16H16N2O2/c1-11-6-7-14(12(2)8-11)10-17-18-15-5-3-4-13(9-15)16(19)20/h3-10,18H,1-2H3,(H,19,20)/b17-10+. The fourth-order valence-corrected chi connectivity index (χ4v) is 1.87. The highest BCUT2D eigenvalue weighted by molar-refractivity contribution is 5.89. The highest BCUT2D eigenvalue weighted by Crippen LogP contribution is 2.11. The van der Waals surface area contributed by atoms with Crippen molar-refractivity contribution in [1.29, 1.82) is 0 Å². The van der Waals surface area contributed by atoms with Gasteiger partial charge in [-0.05, 0) is 43.2 Å². The molecule has 4 nitrogen and oxygen atoms in total. The molecule has 0 aromatic heterocycles. The predicted molar refractivity (Wildman–Crippen MR) is 80.5 cm³/mol. The zero-order chi connectivity index (χ0) is 14.5. The van der Waals surface area contributed by atoms with Crippen LogP contribution < -0.4 is 5.43 Å². The minimum atomic E-state index is -0.952. The van der Waals surface area contributed by atoms with Crippen LogP contribution in [-0.2, 0) is 0 Å². The zero-order valence-corrected chi connectivity index (χ0v) is 11.4. The molecule has 2 N–H and O–H groups in total. The largest absolute Gasteiger partial charge is 0.478 e. The van der Waals surface area contributed by atoms with E-state index in [9.17, 15) is 4.79 Å². The number of carbonyl (C=O) groups is 1. The summed E-state index contributed by atoms with van der Waals surface area (Å²) in [6, 6.07) is 12.7. The van der Waals surface area contributed by atoms with E-state index in [0.29, 0.717) is 5.69 Å². The molecule has 2 aromatic rings. The Morgan fingerprint density at radius 2 is 2.00 bits per heavy atom. The van der Waals surface area contributed by atoms with Crippen LogP contribution in [0.5, 0.6) is 0 Å². The molecule has 102 valence electrons. The van der Waals surface area contributed by atoms with E-state index in [2.05, 4.69) is 16.6 Å². The lowest BCUT2D eigenvalue weighted by molar-refractivity contribution is 0.0697. The Labute approximate surface area is 117 Å². The lowest BCUT2D eigenvalue weighted by Crippen LogP contribution is -1.98. The molecule has 0 aliphatic rings. The second-order valence-corrected chi connectivity index (χ2v) is 4.62. The van der Waals surface area contributed by atoms with Crippen LogP contribution in [0.4, 0.5) is 5.69 Å². The number of aromatic carboxylic acids is 1. The van der Waals surface area contributed by atoms with Crippen LogP contribution >= 0.6 is 0 Å². The lowest BCUT2D eigenvalue weighted by Gasteiger charge is -2.03. The van der Waals surface area contributed by atoms with Gasteiger partial charge in [-0.15, -0.1) is 0 Å². The van der Waals surface area contributed by atoms with Crippen molar-refractivity contribution in [3.8, 4) is 0 Å². The number of hydrogen-bond acceptors (Lipinski definition) is 3. The molecule has 0 unspecified atom stereocenters. The minimum absolute atomic E-state index is 0.233. The third kappa shape index (κ3) is 3.45. The van der Waals surface area contributed by atoms with Gasteiger partial charge in [0, 0.05) is 0 Å². The van der Waals surface area contributed by atoms with Gasteiger partial charge in [0.2, 0.25) is 0 Å². The first-order valence-corrected chi connectivity index (χ1v) is 6.26. The molecule has 0 saturated heterocycles. The number of nitrogens with one attached hydrogen (secondary N) is 1. The van der Waals surface area contributed by atoms with E-state index < -0.39 is 5.97 Å². The van der Waals surface area contributed by atoms with Gasteiger partial charge in [0.25, 0.3) is 0 Å². The molecule has 0 amide bonds. The molecule has 0 spiro atoms. The number of nitrogens with zero attached hydrogens (tertiary/aromatic N) is 1. The van der Waals surface area contributed by atoms with Crippen LogP contribution in [0.3, 0.4) is 0 Å². The monoisotopic (exact) mass is 268 g/mol. The number of anilines is 1. The summed E-state index contributed by atoms with van der Waals surface area (Å²) >= 11 is 0. The van der Waals surface area contributed by atoms with Gasteiger partial charge in [-0.1, -0.05) is 29.8 Å². The summed E-state index contributed by atoms with van der Waals surface area (Å²) in [6.07, 6.45) is 1.72. The topological polar surface area (TPSA) is 61.7 Å². The van der Waals surface area contributed by atoms with E-state index in [4.69, 9.17) is 5.11 Å². The third-order valence-electron chi connectivity index (χ3n) is 2.93. The molecule has 2 rings (SSSR count). The minimum Gasteiger partial charge on any atom is -0.478 e. The number of benzene rings is 2. The van der Waals surface area contributed by atoms with Crippen molar-refractivity contribution in [2.24, 2.45) is 5.10 Å². The molecule has 0 aliphatic heterocycles. The molecular weight excluding hydrogens is 252 g/mol. The maximum absolute atomic E-state index is 10.9. The van der Waals surface area contributed by atoms with Gasteiger partial charge >= 0.3 is 5.97 Å². The Hall–Kier alpha value is -2.62. The summed E-state index contributed by atoms with van der Waals surface area (Å²) in [4.78, 5) is 10.9. The maximum atomic E-state index is 10.9. The first-order chi connectivity index (χ1) is 9.56. The summed E-state index contributed by atoms with van der Waals surface area (Å²) in [5, 5.41) is 13.0. The molecule has 2 aromatic carbocycles. The molecule has 0 bridgehead atoms. The number of aryl methyl sites for hydroxylation is 2. The van der Waals surface area contributed by atoms with Crippen LogP contribution in [0.15, 0.2) is 47.6 Å². The normalized spacial score (nSPS) is 10.7. The fourth-order valence-electron chi connectivity index (χ4n) is 1.87. The molecular formula is C16H16N2O2. The van der Waals surface area contributed by atoms with Gasteiger partial charge in [-0.25, -0.2) is 4.79 Å². The molecule has 4 heteroatoms. The van der Waals surface area contributed by atoms with E-state index in [-0.39, 0.29) is 5.56 Å². The van der Waals surface area contributed by atoms with Gasteiger partial charge in [0.05, 0.1) is 17.5 Å². The van der Waals surface area contributed by atoms with Crippen LogP contribution in [0.1, 0.15) is 27.0 Å². The molecule has 0 fully saturated rings. The molecule has 0 atom stereocenters. The number of carboxylic acids is 1. The zero-order valence-electron chi connectivity index (χ0n) is 11.4. The van der Waals surface area contributed by atoms with E-state index in [1.165, 1.54) is 5.56 Å². The van der Waals surface area contributed by atoms with Crippen molar-refractivity contribution in [3.05, 3.63) is 64.7 Å². The Morgan fingerprint density at radius 1 is 1.20 bits per heavy atom.